The van der Waals surface area contributed by atoms with Crippen molar-refractivity contribution >= 4 is 23.4 Å². The summed E-state index contributed by atoms with van der Waals surface area (Å²) in [5.74, 6) is -0.324. The van der Waals surface area contributed by atoms with E-state index in [2.05, 4.69) is 5.32 Å². The van der Waals surface area contributed by atoms with Crippen molar-refractivity contribution < 1.29 is 14.5 Å². The first-order chi connectivity index (χ1) is 12.1. The molecule has 3 rings (SSSR count). The zero-order chi connectivity index (χ0) is 17.6. The van der Waals surface area contributed by atoms with Crippen molar-refractivity contribution in [2.75, 3.05) is 13.2 Å². The lowest BCUT2D eigenvalue weighted by molar-refractivity contribution is -0.387. The fourth-order valence-electron chi connectivity index (χ4n) is 2.62. The van der Waals surface area contributed by atoms with Crippen LogP contribution in [0.2, 0.25) is 0 Å². The van der Waals surface area contributed by atoms with Crippen LogP contribution in [0, 0.1) is 10.1 Å². The summed E-state index contributed by atoms with van der Waals surface area (Å²) < 4.78 is 5.46. The second kappa shape index (κ2) is 8.13. The molecule has 1 amide bonds. The SMILES string of the molecule is O=C(NC[C@H]1CCCO1)c1ccc(Sc2ccccc2)c([N+](=O)[O-])c1. The smallest absolute Gasteiger partial charge is 0.284 e. The molecule has 0 saturated carbocycles. The van der Waals surface area contributed by atoms with Gasteiger partial charge in [-0.3, -0.25) is 14.9 Å². The van der Waals surface area contributed by atoms with E-state index in [0.29, 0.717) is 11.4 Å². The van der Waals surface area contributed by atoms with E-state index >= 15 is 0 Å². The molecule has 1 N–H and O–H groups in total. The Hall–Kier alpha value is -2.38. The number of nitro benzene ring substituents is 1. The number of ether oxygens (including phenoxy) is 1. The highest BCUT2D eigenvalue weighted by Gasteiger charge is 2.20. The lowest BCUT2D eigenvalue weighted by Gasteiger charge is -2.11. The van der Waals surface area contributed by atoms with Gasteiger partial charge in [-0.25, -0.2) is 0 Å². The van der Waals surface area contributed by atoms with E-state index < -0.39 is 4.92 Å². The van der Waals surface area contributed by atoms with Gasteiger partial charge < -0.3 is 10.1 Å². The number of nitrogens with one attached hydrogen (secondary N) is 1. The fraction of sp³-hybridized carbons (Fsp3) is 0.278. The Labute approximate surface area is 149 Å². The van der Waals surface area contributed by atoms with Gasteiger partial charge in [0.25, 0.3) is 11.6 Å². The Morgan fingerprint density at radius 2 is 2.08 bits per heavy atom. The van der Waals surface area contributed by atoms with Gasteiger partial charge in [0.05, 0.1) is 15.9 Å². The monoisotopic (exact) mass is 358 g/mol. The number of carbonyl (C=O) groups is 1. The molecule has 1 aliphatic rings. The number of benzene rings is 2. The van der Waals surface area contributed by atoms with Gasteiger partial charge in [0.1, 0.15) is 0 Å². The van der Waals surface area contributed by atoms with Crippen molar-refractivity contribution in [2.45, 2.75) is 28.7 Å². The number of nitrogens with zero attached hydrogens (tertiary/aromatic N) is 1. The third-order valence-corrected chi connectivity index (χ3v) is 4.98. The van der Waals surface area contributed by atoms with Gasteiger partial charge in [0, 0.05) is 29.7 Å². The van der Waals surface area contributed by atoms with Crippen LogP contribution >= 0.6 is 11.8 Å². The summed E-state index contributed by atoms with van der Waals surface area (Å²) in [5, 5.41) is 14.2. The van der Waals surface area contributed by atoms with Gasteiger partial charge in [-0.05, 0) is 37.1 Å². The quantitative estimate of drug-likeness (QED) is 0.629. The summed E-state index contributed by atoms with van der Waals surface area (Å²) in [6.45, 7) is 1.14. The van der Waals surface area contributed by atoms with E-state index in [1.54, 1.807) is 12.1 Å². The van der Waals surface area contributed by atoms with Crippen LogP contribution in [0.5, 0.6) is 0 Å². The first-order valence-electron chi connectivity index (χ1n) is 8.04. The number of carbonyl (C=O) groups excluding carboxylic acids is 1. The topological polar surface area (TPSA) is 81.5 Å². The first kappa shape index (κ1) is 17.4. The Balaban J connectivity index is 1.73. The Kier molecular flexibility index (Phi) is 5.67. The van der Waals surface area contributed by atoms with Crippen molar-refractivity contribution in [1.29, 1.82) is 0 Å². The predicted octanol–water partition coefficient (Wildman–Crippen LogP) is 3.65. The Morgan fingerprint density at radius 3 is 2.76 bits per heavy atom. The third kappa shape index (κ3) is 4.58. The Morgan fingerprint density at radius 1 is 1.28 bits per heavy atom. The molecule has 1 atom stereocenters. The van der Waals surface area contributed by atoms with Crippen LogP contribution in [0.3, 0.4) is 0 Å². The molecule has 0 aromatic heterocycles. The van der Waals surface area contributed by atoms with E-state index in [0.717, 1.165) is 24.3 Å². The molecule has 1 heterocycles. The van der Waals surface area contributed by atoms with Gasteiger partial charge in [-0.2, -0.15) is 0 Å². The van der Waals surface area contributed by atoms with Gasteiger partial charge in [-0.1, -0.05) is 30.0 Å². The molecular formula is C18H18N2O4S. The Bertz CT molecular complexity index is 761. The molecular weight excluding hydrogens is 340 g/mol. The summed E-state index contributed by atoms with van der Waals surface area (Å²) in [6, 6.07) is 14.0. The maximum atomic E-state index is 12.2. The highest BCUT2D eigenvalue weighted by Crippen LogP contribution is 2.35. The number of hydrogen-bond acceptors (Lipinski definition) is 5. The lowest BCUT2D eigenvalue weighted by atomic mass is 10.2. The fourth-order valence-corrected chi connectivity index (χ4v) is 3.54. The van der Waals surface area contributed by atoms with Crippen LogP contribution in [0.4, 0.5) is 5.69 Å². The summed E-state index contributed by atoms with van der Waals surface area (Å²) in [6.07, 6.45) is 1.96. The average molecular weight is 358 g/mol. The van der Waals surface area contributed by atoms with Crippen molar-refractivity contribution in [1.82, 2.24) is 5.32 Å². The summed E-state index contributed by atoms with van der Waals surface area (Å²) >= 11 is 1.30. The minimum absolute atomic E-state index is 0.0341. The van der Waals surface area contributed by atoms with Gasteiger partial charge >= 0.3 is 0 Å². The third-order valence-electron chi connectivity index (χ3n) is 3.90. The number of amides is 1. The van der Waals surface area contributed by atoms with Crippen molar-refractivity contribution in [3.63, 3.8) is 0 Å². The average Bonchev–Trinajstić information content (AvgIpc) is 3.14. The molecule has 1 aliphatic heterocycles. The van der Waals surface area contributed by atoms with Crippen LogP contribution in [-0.4, -0.2) is 30.1 Å². The molecule has 0 spiro atoms. The molecule has 130 valence electrons. The zero-order valence-corrected chi connectivity index (χ0v) is 14.3. The minimum Gasteiger partial charge on any atom is -0.376 e. The molecule has 1 saturated heterocycles. The number of hydrogen-bond donors (Lipinski definition) is 1. The second-order valence-corrected chi connectivity index (χ2v) is 6.82. The van der Waals surface area contributed by atoms with E-state index in [1.807, 2.05) is 30.3 Å². The molecule has 25 heavy (non-hydrogen) atoms. The van der Waals surface area contributed by atoms with Crippen LogP contribution in [-0.2, 0) is 4.74 Å². The maximum Gasteiger partial charge on any atom is 0.284 e. The molecule has 0 unspecified atom stereocenters. The molecule has 0 aliphatic carbocycles. The minimum atomic E-state index is -0.456. The van der Waals surface area contributed by atoms with Crippen LogP contribution in [0.25, 0.3) is 0 Å². The molecule has 0 bridgehead atoms. The van der Waals surface area contributed by atoms with Crippen molar-refractivity contribution in [3.8, 4) is 0 Å². The largest absolute Gasteiger partial charge is 0.376 e. The van der Waals surface area contributed by atoms with Crippen LogP contribution < -0.4 is 5.32 Å². The number of rotatable bonds is 6. The maximum absolute atomic E-state index is 12.2. The van der Waals surface area contributed by atoms with Crippen LogP contribution in [0.1, 0.15) is 23.2 Å². The summed E-state index contributed by atoms with van der Waals surface area (Å²) in [7, 11) is 0. The van der Waals surface area contributed by atoms with E-state index in [1.165, 1.54) is 17.8 Å². The molecule has 1 fully saturated rings. The highest BCUT2D eigenvalue weighted by atomic mass is 32.2. The van der Waals surface area contributed by atoms with E-state index in [-0.39, 0.29) is 23.3 Å². The molecule has 6 nitrogen and oxygen atoms in total. The van der Waals surface area contributed by atoms with Crippen LogP contribution in [0.15, 0.2) is 58.3 Å². The van der Waals surface area contributed by atoms with E-state index in [4.69, 9.17) is 4.74 Å². The second-order valence-electron chi connectivity index (χ2n) is 5.70. The highest BCUT2D eigenvalue weighted by molar-refractivity contribution is 7.99. The standard InChI is InChI=1S/C18H18N2O4S/c21-18(19-12-14-5-4-10-24-14)13-8-9-17(16(11-13)20(22)23)25-15-6-2-1-3-7-15/h1-3,6-9,11,14H,4-5,10,12H2,(H,19,21)/t14-/m1/s1. The first-order valence-corrected chi connectivity index (χ1v) is 8.86. The lowest BCUT2D eigenvalue weighted by Crippen LogP contribution is -2.31. The summed E-state index contributed by atoms with van der Waals surface area (Å²) in [5.41, 5.74) is 0.209. The van der Waals surface area contributed by atoms with Crippen molar-refractivity contribution in [3.05, 3.63) is 64.2 Å². The predicted molar refractivity (Wildman–Crippen MR) is 95.0 cm³/mol. The van der Waals surface area contributed by atoms with Gasteiger partial charge in [0.2, 0.25) is 0 Å². The van der Waals surface area contributed by atoms with Crippen molar-refractivity contribution in [2.24, 2.45) is 0 Å². The molecule has 2 aromatic carbocycles. The molecule has 2 aromatic rings. The zero-order valence-electron chi connectivity index (χ0n) is 13.5. The van der Waals surface area contributed by atoms with Gasteiger partial charge in [-0.15, -0.1) is 0 Å². The van der Waals surface area contributed by atoms with Gasteiger partial charge in [0.15, 0.2) is 0 Å². The normalized spacial score (nSPS) is 16.6. The van der Waals surface area contributed by atoms with E-state index in [9.17, 15) is 14.9 Å². The number of nitro groups is 1. The molecule has 7 heteroatoms. The summed E-state index contributed by atoms with van der Waals surface area (Å²) in [4.78, 5) is 24.6. The molecule has 0 radical (unpaired) electrons.